The highest BCUT2D eigenvalue weighted by Crippen LogP contribution is 2.23. The molecule has 2 aromatic rings. The van der Waals surface area contributed by atoms with Crippen molar-refractivity contribution in [2.45, 2.75) is 0 Å². The Hall–Kier alpha value is -1.98. The molecule has 1 aliphatic rings. The molecule has 0 N–H and O–H groups in total. The predicted octanol–water partition coefficient (Wildman–Crippen LogP) is 5.70. The molecule has 3 rings (SSSR count). The lowest BCUT2D eigenvalue weighted by molar-refractivity contribution is -0.133. The first-order chi connectivity index (χ1) is 14.3. The van der Waals surface area contributed by atoms with E-state index in [-0.39, 0.29) is 11.8 Å². The van der Waals surface area contributed by atoms with Gasteiger partial charge in [0, 0.05) is 58.4 Å². The summed E-state index contributed by atoms with van der Waals surface area (Å²) in [7, 11) is 0. The van der Waals surface area contributed by atoms with Crippen LogP contribution >= 0.6 is 46.4 Å². The predicted molar refractivity (Wildman–Crippen MR) is 124 cm³/mol. The van der Waals surface area contributed by atoms with Gasteiger partial charge in [0.2, 0.25) is 11.8 Å². The molecular weight excluding hydrogens is 466 g/mol. The van der Waals surface area contributed by atoms with Crippen molar-refractivity contribution in [3.63, 3.8) is 0 Å². The van der Waals surface area contributed by atoms with Crippen molar-refractivity contribution in [1.82, 2.24) is 9.80 Å². The first-order valence-electron chi connectivity index (χ1n) is 9.17. The fourth-order valence-electron chi connectivity index (χ4n) is 2.95. The molecule has 1 aliphatic heterocycles. The van der Waals surface area contributed by atoms with Gasteiger partial charge in [-0.2, -0.15) is 0 Å². The number of nitrogens with zero attached hydrogens (tertiary/aromatic N) is 2. The van der Waals surface area contributed by atoms with Crippen LogP contribution in [0.25, 0.3) is 12.2 Å². The highest BCUT2D eigenvalue weighted by atomic mass is 35.5. The van der Waals surface area contributed by atoms with Gasteiger partial charge in [-0.15, -0.1) is 0 Å². The summed E-state index contributed by atoms with van der Waals surface area (Å²) in [6, 6.07) is 10.2. The van der Waals surface area contributed by atoms with Gasteiger partial charge < -0.3 is 9.80 Å². The fraction of sp³-hybridized carbons (Fsp3) is 0.182. The Morgan fingerprint density at radius 1 is 0.667 bits per heavy atom. The van der Waals surface area contributed by atoms with Crippen LogP contribution in [0, 0.1) is 0 Å². The molecule has 156 valence electrons. The average Bonchev–Trinajstić information content (AvgIpc) is 2.72. The van der Waals surface area contributed by atoms with Crippen LogP contribution in [0.15, 0.2) is 48.6 Å². The van der Waals surface area contributed by atoms with Gasteiger partial charge in [-0.3, -0.25) is 9.59 Å². The van der Waals surface area contributed by atoms with E-state index < -0.39 is 0 Å². The van der Waals surface area contributed by atoms with Gasteiger partial charge in [-0.1, -0.05) is 58.5 Å². The summed E-state index contributed by atoms with van der Waals surface area (Å²) in [4.78, 5) is 28.3. The molecule has 30 heavy (non-hydrogen) atoms. The van der Waals surface area contributed by atoms with Crippen LogP contribution in [0.3, 0.4) is 0 Å². The molecule has 0 bridgehead atoms. The lowest BCUT2D eigenvalue weighted by Crippen LogP contribution is -2.49. The van der Waals surface area contributed by atoms with E-state index in [0.717, 1.165) is 0 Å². The molecule has 0 saturated carbocycles. The summed E-state index contributed by atoms with van der Waals surface area (Å²) in [5, 5.41) is 2.04. The van der Waals surface area contributed by atoms with Crippen LogP contribution in [0.2, 0.25) is 20.1 Å². The van der Waals surface area contributed by atoms with Gasteiger partial charge in [0.1, 0.15) is 0 Å². The number of hydrogen-bond donors (Lipinski definition) is 0. The number of halogens is 4. The van der Waals surface area contributed by atoms with Crippen molar-refractivity contribution >= 4 is 70.4 Å². The summed E-state index contributed by atoms with van der Waals surface area (Å²) >= 11 is 24.0. The molecule has 0 aliphatic carbocycles. The maximum Gasteiger partial charge on any atom is 0.246 e. The zero-order chi connectivity index (χ0) is 21.7. The molecule has 2 amide bonds. The zero-order valence-corrected chi connectivity index (χ0v) is 18.8. The maximum atomic E-state index is 12.4. The van der Waals surface area contributed by atoms with Gasteiger partial charge in [0.25, 0.3) is 0 Å². The minimum absolute atomic E-state index is 0.128. The van der Waals surface area contributed by atoms with Crippen molar-refractivity contribution < 1.29 is 9.59 Å². The van der Waals surface area contributed by atoms with Crippen molar-refractivity contribution in [3.8, 4) is 0 Å². The summed E-state index contributed by atoms with van der Waals surface area (Å²) in [6.07, 6.45) is 6.29. The summed E-state index contributed by atoms with van der Waals surface area (Å²) in [6.45, 7) is 1.83. The van der Waals surface area contributed by atoms with Crippen molar-refractivity contribution in [2.24, 2.45) is 0 Å². The van der Waals surface area contributed by atoms with Gasteiger partial charge in [-0.25, -0.2) is 0 Å². The standard InChI is InChI=1S/C22H18Cl4N2O2/c23-17-5-1-15(19(25)13-17)3-7-21(29)27-9-11-28(12-10-27)22(30)8-4-16-2-6-18(24)14-20(16)26/h1-8,13-14H,9-12H2. The highest BCUT2D eigenvalue weighted by molar-refractivity contribution is 6.36. The number of rotatable bonds is 4. The number of hydrogen-bond acceptors (Lipinski definition) is 2. The Morgan fingerprint density at radius 3 is 1.37 bits per heavy atom. The third-order valence-corrected chi connectivity index (χ3v) is 5.76. The van der Waals surface area contributed by atoms with E-state index >= 15 is 0 Å². The van der Waals surface area contributed by atoms with Gasteiger partial charge >= 0.3 is 0 Å². The van der Waals surface area contributed by atoms with E-state index in [9.17, 15) is 9.59 Å². The monoisotopic (exact) mass is 482 g/mol. The minimum Gasteiger partial charge on any atom is -0.336 e. The first-order valence-corrected chi connectivity index (χ1v) is 10.7. The van der Waals surface area contributed by atoms with Crippen molar-refractivity contribution in [1.29, 1.82) is 0 Å². The fourth-order valence-corrected chi connectivity index (χ4v) is 3.90. The molecule has 1 fully saturated rings. The lowest BCUT2D eigenvalue weighted by atomic mass is 10.2. The number of carbonyl (C=O) groups is 2. The van der Waals surface area contributed by atoms with E-state index in [0.29, 0.717) is 57.4 Å². The Labute approximate surface area is 195 Å². The molecule has 0 unspecified atom stereocenters. The first kappa shape index (κ1) is 22.7. The van der Waals surface area contributed by atoms with Gasteiger partial charge in [0.15, 0.2) is 0 Å². The van der Waals surface area contributed by atoms with E-state index in [1.54, 1.807) is 58.4 Å². The number of piperazine rings is 1. The largest absolute Gasteiger partial charge is 0.336 e. The van der Waals surface area contributed by atoms with Crippen molar-refractivity contribution in [3.05, 3.63) is 79.8 Å². The Morgan fingerprint density at radius 2 is 1.03 bits per heavy atom. The molecule has 1 heterocycles. The molecule has 0 atom stereocenters. The Balaban J connectivity index is 1.53. The van der Waals surface area contributed by atoms with Crippen LogP contribution in [-0.4, -0.2) is 47.8 Å². The summed E-state index contributed by atoms with van der Waals surface area (Å²) in [5.41, 5.74) is 1.43. The molecule has 0 spiro atoms. The maximum absolute atomic E-state index is 12.4. The molecular formula is C22H18Cl4N2O2. The average molecular weight is 484 g/mol. The van der Waals surface area contributed by atoms with E-state index in [2.05, 4.69) is 0 Å². The quantitative estimate of drug-likeness (QED) is 0.523. The third-order valence-electron chi connectivity index (χ3n) is 4.64. The second-order valence-electron chi connectivity index (χ2n) is 6.65. The number of carbonyl (C=O) groups excluding carboxylic acids is 2. The SMILES string of the molecule is O=C(C=Cc1ccc(Cl)cc1Cl)N1CCN(C(=O)C=Cc2ccc(Cl)cc2Cl)CC1. The van der Waals surface area contributed by atoms with E-state index in [1.165, 1.54) is 12.2 Å². The zero-order valence-electron chi connectivity index (χ0n) is 15.8. The lowest BCUT2D eigenvalue weighted by Gasteiger charge is -2.33. The van der Waals surface area contributed by atoms with Crippen molar-refractivity contribution in [2.75, 3.05) is 26.2 Å². The smallest absolute Gasteiger partial charge is 0.246 e. The minimum atomic E-state index is -0.128. The second-order valence-corrected chi connectivity index (χ2v) is 8.34. The number of benzene rings is 2. The van der Waals surface area contributed by atoms with Gasteiger partial charge in [0.05, 0.1) is 0 Å². The van der Waals surface area contributed by atoms with Crippen LogP contribution in [0.4, 0.5) is 0 Å². The molecule has 1 saturated heterocycles. The van der Waals surface area contributed by atoms with Crippen LogP contribution < -0.4 is 0 Å². The normalized spacial score (nSPS) is 14.7. The van der Waals surface area contributed by atoms with E-state index in [4.69, 9.17) is 46.4 Å². The topological polar surface area (TPSA) is 40.6 Å². The van der Waals surface area contributed by atoms with Gasteiger partial charge in [-0.05, 0) is 47.5 Å². The number of amides is 2. The van der Waals surface area contributed by atoms with Crippen LogP contribution in [0.1, 0.15) is 11.1 Å². The molecule has 0 radical (unpaired) electrons. The van der Waals surface area contributed by atoms with E-state index in [1.807, 2.05) is 0 Å². The second kappa shape index (κ2) is 10.4. The summed E-state index contributed by atoms with van der Waals surface area (Å²) < 4.78 is 0. The molecule has 8 heteroatoms. The van der Waals surface area contributed by atoms with Crippen LogP contribution in [-0.2, 0) is 9.59 Å². The Bertz CT molecular complexity index is 931. The highest BCUT2D eigenvalue weighted by Gasteiger charge is 2.21. The van der Waals surface area contributed by atoms with Crippen LogP contribution in [0.5, 0.6) is 0 Å². The Kier molecular flexibility index (Phi) is 7.84. The molecule has 4 nitrogen and oxygen atoms in total. The molecule has 2 aromatic carbocycles. The molecule has 0 aromatic heterocycles. The summed E-state index contributed by atoms with van der Waals surface area (Å²) in [5.74, 6) is -0.256. The third kappa shape index (κ3) is 6.02.